The third kappa shape index (κ3) is 1.43. The lowest BCUT2D eigenvalue weighted by atomic mass is 9.62. The topological polar surface area (TPSA) is 0 Å². The molecule has 0 nitrogen and oxygen atoms in total. The van der Waals surface area contributed by atoms with Gasteiger partial charge in [-0.05, 0) is 53.7 Å². The highest BCUT2D eigenvalue weighted by atomic mass is 14.4. The number of hydrogen-bond acceptors (Lipinski definition) is 0. The van der Waals surface area contributed by atoms with Crippen LogP contribution in [-0.4, -0.2) is 0 Å². The van der Waals surface area contributed by atoms with Crippen LogP contribution in [0.3, 0.4) is 0 Å². The summed E-state index contributed by atoms with van der Waals surface area (Å²) in [4.78, 5) is 0. The van der Waals surface area contributed by atoms with Gasteiger partial charge in [-0.25, -0.2) is 0 Å². The predicted molar refractivity (Wildman–Crippen MR) is 69.2 cm³/mol. The molecule has 1 aromatic rings. The Bertz CT molecular complexity index is 441. The molecule has 0 amide bonds. The summed E-state index contributed by atoms with van der Waals surface area (Å²) in [5.41, 5.74) is 5.17. The number of hydrogen-bond donors (Lipinski definition) is 0. The lowest BCUT2D eigenvalue weighted by molar-refractivity contribution is 0.291. The van der Waals surface area contributed by atoms with Crippen LogP contribution in [0.15, 0.2) is 30.3 Å². The van der Waals surface area contributed by atoms with Crippen LogP contribution in [-0.2, 0) is 6.42 Å². The van der Waals surface area contributed by atoms with Gasteiger partial charge in [0.25, 0.3) is 0 Å². The van der Waals surface area contributed by atoms with Crippen LogP contribution in [0, 0.1) is 11.3 Å². The highest BCUT2D eigenvalue weighted by Gasteiger charge is 2.37. The Morgan fingerprint density at radius 3 is 2.94 bits per heavy atom. The van der Waals surface area contributed by atoms with E-state index in [-0.39, 0.29) is 0 Å². The molecule has 0 saturated heterocycles. The Kier molecular flexibility index (Phi) is 2.20. The van der Waals surface area contributed by atoms with E-state index in [1.165, 1.54) is 31.2 Å². The first-order valence-electron chi connectivity index (χ1n) is 6.48. The fourth-order valence-corrected chi connectivity index (χ4v) is 3.61. The average molecular weight is 212 g/mol. The molecule has 0 fully saturated rings. The normalized spacial score (nSPS) is 32.6. The van der Waals surface area contributed by atoms with E-state index in [9.17, 15) is 0 Å². The summed E-state index contributed by atoms with van der Waals surface area (Å²) in [6.07, 6.45) is 7.73. The molecule has 2 aliphatic carbocycles. The Morgan fingerprint density at radius 1 is 1.25 bits per heavy atom. The van der Waals surface area contributed by atoms with Gasteiger partial charge in [-0.15, -0.1) is 0 Å². The maximum atomic E-state index is 2.51. The van der Waals surface area contributed by atoms with Crippen LogP contribution >= 0.6 is 0 Å². The average Bonchev–Trinajstić information content (AvgIpc) is 2.27. The van der Waals surface area contributed by atoms with Crippen molar-refractivity contribution < 1.29 is 0 Å². The van der Waals surface area contributed by atoms with E-state index in [0.717, 1.165) is 5.92 Å². The second kappa shape index (κ2) is 3.48. The first-order valence-corrected chi connectivity index (χ1v) is 6.48. The molecule has 0 radical (unpaired) electrons. The second-order valence-electron chi connectivity index (χ2n) is 5.88. The van der Waals surface area contributed by atoms with Crippen molar-refractivity contribution in [3.05, 3.63) is 41.5 Å². The maximum absolute atomic E-state index is 2.51. The van der Waals surface area contributed by atoms with E-state index in [4.69, 9.17) is 0 Å². The SMILES string of the molecule is CC1CC=C2c3ccccc3CCC2(C)C1. The minimum Gasteiger partial charge on any atom is -0.0799 e. The van der Waals surface area contributed by atoms with E-state index in [1.807, 2.05) is 0 Å². The number of benzene rings is 1. The number of allylic oxidation sites excluding steroid dienone is 2. The molecule has 0 N–H and O–H groups in total. The zero-order chi connectivity index (χ0) is 11.2. The summed E-state index contributed by atoms with van der Waals surface area (Å²) in [6.45, 7) is 4.85. The van der Waals surface area contributed by atoms with Crippen molar-refractivity contribution in [2.75, 3.05) is 0 Å². The van der Waals surface area contributed by atoms with Crippen LogP contribution in [0.2, 0.25) is 0 Å². The van der Waals surface area contributed by atoms with Gasteiger partial charge in [-0.2, -0.15) is 0 Å². The van der Waals surface area contributed by atoms with Gasteiger partial charge in [0.2, 0.25) is 0 Å². The molecular weight excluding hydrogens is 192 g/mol. The van der Waals surface area contributed by atoms with E-state index in [0.29, 0.717) is 5.41 Å². The lowest BCUT2D eigenvalue weighted by Gasteiger charge is -2.42. The van der Waals surface area contributed by atoms with Crippen molar-refractivity contribution in [2.24, 2.45) is 11.3 Å². The Hall–Kier alpha value is -1.04. The van der Waals surface area contributed by atoms with E-state index >= 15 is 0 Å². The zero-order valence-electron chi connectivity index (χ0n) is 10.3. The van der Waals surface area contributed by atoms with E-state index in [1.54, 1.807) is 11.1 Å². The third-order valence-corrected chi connectivity index (χ3v) is 4.43. The van der Waals surface area contributed by atoms with Gasteiger partial charge in [0.05, 0.1) is 0 Å². The van der Waals surface area contributed by atoms with Gasteiger partial charge in [0.1, 0.15) is 0 Å². The molecule has 3 rings (SSSR count). The summed E-state index contributed by atoms with van der Waals surface area (Å²) in [7, 11) is 0. The standard InChI is InChI=1S/C16H20/c1-12-7-8-15-14-6-4-3-5-13(14)9-10-16(15,2)11-12/h3-6,8,12H,7,9-11H2,1-2H3. The zero-order valence-corrected chi connectivity index (χ0v) is 10.3. The summed E-state index contributed by atoms with van der Waals surface area (Å²) < 4.78 is 0. The molecule has 84 valence electrons. The first-order chi connectivity index (χ1) is 7.69. The van der Waals surface area contributed by atoms with Gasteiger partial charge in [0, 0.05) is 0 Å². The lowest BCUT2D eigenvalue weighted by Crippen LogP contribution is -2.29. The molecule has 0 bridgehead atoms. The fourth-order valence-electron chi connectivity index (χ4n) is 3.61. The highest BCUT2D eigenvalue weighted by Crippen LogP contribution is 2.51. The van der Waals surface area contributed by atoms with Crippen LogP contribution in [0.25, 0.3) is 5.57 Å². The minimum atomic E-state index is 0.450. The van der Waals surface area contributed by atoms with E-state index in [2.05, 4.69) is 44.2 Å². The Morgan fingerprint density at radius 2 is 2.06 bits per heavy atom. The molecule has 2 unspecified atom stereocenters. The van der Waals surface area contributed by atoms with Gasteiger partial charge in [-0.3, -0.25) is 0 Å². The largest absolute Gasteiger partial charge is 0.0799 e. The molecule has 1 aromatic carbocycles. The molecule has 0 heterocycles. The maximum Gasteiger partial charge on any atom is -0.00666 e. The molecule has 16 heavy (non-hydrogen) atoms. The fraction of sp³-hybridized carbons (Fsp3) is 0.500. The van der Waals surface area contributed by atoms with Crippen molar-refractivity contribution in [1.29, 1.82) is 0 Å². The second-order valence-corrected chi connectivity index (χ2v) is 5.88. The number of fused-ring (bicyclic) bond motifs is 3. The quantitative estimate of drug-likeness (QED) is 0.596. The number of rotatable bonds is 0. The molecule has 0 saturated carbocycles. The summed E-state index contributed by atoms with van der Waals surface area (Å²) >= 11 is 0. The molecule has 0 heteroatoms. The van der Waals surface area contributed by atoms with Crippen molar-refractivity contribution >= 4 is 5.57 Å². The molecule has 0 aliphatic heterocycles. The van der Waals surface area contributed by atoms with Crippen LogP contribution < -0.4 is 0 Å². The van der Waals surface area contributed by atoms with Crippen LogP contribution in [0.4, 0.5) is 0 Å². The monoisotopic (exact) mass is 212 g/mol. The first kappa shape index (κ1) is 10.1. The molecule has 0 aromatic heterocycles. The van der Waals surface area contributed by atoms with Gasteiger partial charge < -0.3 is 0 Å². The summed E-state index contributed by atoms with van der Waals surface area (Å²) in [5.74, 6) is 0.860. The summed E-state index contributed by atoms with van der Waals surface area (Å²) in [5, 5.41) is 0. The predicted octanol–water partition coefficient (Wildman–Crippen LogP) is 4.45. The third-order valence-electron chi connectivity index (χ3n) is 4.43. The number of aryl methyl sites for hydroxylation is 1. The molecule has 2 aliphatic rings. The Balaban J connectivity index is 2.12. The summed E-state index contributed by atoms with van der Waals surface area (Å²) in [6, 6.07) is 8.97. The van der Waals surface area contributed by atoms with Crippen molar-refractivity contribution in [2.45, 2.75) is 39.5 Å². The van der Waals surface area contributed by atoms with Gasteiger partial charge in [-0.1, -0.05) is 44.2 Å². The van der Waals surface area contributed by atoms with Crippen molar-refractivity contribution in [1.82, 2.24) is 0 Å². The van der Waals surface area contributed by atoms with E-state index < -0.39 is 0 Å². The van der Waals surface area contributed by atoms with Crippen LogP contribution in [0.1, 0.15) is 44.2 Å². The highest BCUT2D eigenvalue weighted by molar-refractivity contribution is 5.74. The van der Waals surface area contributed by atoms with Crippen molar-refractivity contribution in [3.8, 4) is 0 Å². The molecular formula is C16H20. The van der Waals surface area contributed by atoms with Gasteiger partial charge in [0.15, 0.2) is 0 Å². The van der Waals surface area contributed by atoms with Crippen LogP contribution in [0.5, 0.6) is 0 Å². The molecule has 2 atom stereocenters. The Labute approximate surface area is 98.4 Å². The van der Waals surface area contributed by atoms with Gasteiger partial charge >= 0.3 is 0 Å². The molecule has 0 spiro atoms. The smallest absolute Gasteiger partial charge is 0.00666 e. The van der Waals surface area contributed by atoms with Crippen molar-refractivity contribution in [3.63, 3.8) is 0 Å². The minimum absolute atomic E-state index is 0.450.